The second kappa shape index (κ2) is 5.97. The van der Waals surface area contributed by atoms with Gasteiger partial charge in [0.05, 0.1) is 11.8 Å². The summed E-state index contributed by atoms with van der Waals surface area (Å²) in [4.78, 5) is 29.3. The summed E-state index contributed by atoms with van der Waals surface area (Å²) in [6.07, 6.45) is 4.48. The lowest BCUT2D eigenvalue weighted by Crippen LogP contribution is -2.42. The SMILES string of the molecule is Cc1c(-c2ccccc2)[c]nc(NC=O)c1C(=O)N1CCC1. The van der Waals surface area contributed by atoms with Gasteiger partial charge in [0.1, 0.15) is 5.82 Å². The Hall–Kier alpha value is -2.69. The maximum Gasteiger partial charge on any atom is 0.257 e. The van der Waals surface area contributed by atoms with E-state index in [1.54, 1.807) is 4.90 Å². The average Bonchev–Trinajstić information content (AvgIpc) is 2.47. The van der Waals surface area contributed by atoms with Crippen LogP contribution in [0.1, 0.15) is 22.3 Å². The van der Waals surface area contributed by atoms with E-state index in [1.807, 2.05) is 37.3 Å². The Labute approximate surface area is 129 Å². The Balaban J connectivity index is 2.11. The van der Waals surface area contributed by atoms with E-state index in [2.05, 4.69) is 16.5 Å². The summed E-state index contributed by atoms with van der Waals surface area (Å²) in [6, 6.07) is 9.69. The van der Waals surface area contributed by atoms with Crippen molar-refractivity contribution in [3.05, 3.63) is 47.7 Å². The van der Waals surface area contributed by atoms with Gasteiger partial charge in [-0.25, -0.2) is 4.98 Å². The van der Waals surface area contributed by atoms with Crippen LogP contribution in [-0.2, 0) is 4.79 Å². The van der Waals surface area contributed by atoms with E-state index >= 15 is 0 Å². The molecule has 2 heterocycles. The Morgan fingerprint density at radius 3 is 2.64 bits per heavy atom. The monoisotopic (exact) mass is 294 g/mol. The van der Waals surface area contributed by atoms with Crippen molar-refractivity contribution in [2.45, 2.75) is 13.3 Å². The normalized spacial score (nSPS) is 13.4. The van der Waals surface area contributed by atoms with Gasteiger partial charge >= 0.3 is 0 Å². The summed E-state index contributed by atoms with van der Waals surface area (Å²) >= 11 is 0. The van der Waals surface area contributed by atoms with Crippen LogP contribution in [0.2, 0.25) is 0 Å². The summed E-state index contributed by atoms with van der Waals surface area (Å²) in [5.74, 6) is 0.177. The molecular formula is C17H16N3O2. The summed E-state index contributed by atoms with van der Waals surface area (Å²) in [7, 11) is 0. The predicted molar refractivity (Wildman–Crippen MR) is 83.5 cm³/mol. The Morgan fingerprint density at radius 2 is 2.05 bits per heavy atom. The second-order valence-corrected chi connectivity index (χ2v) is 5.22. The van der Waals surface area contributed by atoms with Gasteiger partial charge in [-0.2, -0.15) is 0 Å². The number of likely N-dealkylation sites (tertiary alicyclic amines) is 1. The third kappa shape index (κ3) is 2.45. The molecule has 111 valence electrons. The number of carbonyl (C=O) groups is 2. The van der Waals surface area contributed by atoms with Crippen LogP contribution < -0.4 is 5.32 Å². The molecule has 1 radical (unpaired) electrons. The molecule has 0 aliphatic carbocycles. The number of aromatic nitrogens is 1. The van der Waals surface area contributed by atoms with E-state index in [-0.39, 0.29) is 11.7 Å². The Morgan fingerprint density at radius 1 is 1.32 bits per heavy atom. The van der Waals surface area contributed by atoms with Crippen molar-refractivity contribution in [1.29, 1.82) is 0 Å². The van der Waals surface area contributed by atoms with Gasteiger partial charge in [0, 0.05) is 18.7 Å². The van der Waals surface area contributed by atoms with Crippen LogP contribution in [0.3, 0.4) is 0 Å². The van der Waals surface area contributed by atoms with Crippen molar-refractivity contribution in [3.8, 4) is 11.1 Å². The van der Waals surface area contributed by atoms with Gasteiger partial charge in [0.2, 0.25) is 6.41 Å². The first-order valence-corrected chi connectivity index (χ1v) is 7.19. The quantitative estimate of drug-likeness (QED) is 0.880. The number of hydrogen-bond acceptors (Lipinski definition) is 3. The molecule has 0 spiro atoms. The number of nitrogens with one attached hydrogen (secondary N) is 1. The van der Waals surface area contributed by atoms with E-state index in [9.17, 15) is 9.59 Å². The molecule has 1 aromatic heterocycles. The van der Waals surface area contributed by atoms with Crippen LogP contribution in [0.5, 0.6) is 0 Å². The lowest BCUT2D eigenvalue weighted by atomic mass is 9.97. The van der Waals surface area contributed by atoms with Crippen LogP contribution in [0.25, 0.3) is 11.1 Å². The molecule has 22 heavy (non-hydrogen) atoms. The maximum atomic E-state index is 12.6. The zero-order valence-electron chi connectivity index (χ0n) is 12.3. The molecule has 1 aliphatic rings. The van der Waals surface area contributed by atoms with Crippen molar-refractivity contribution >= 4 is 18.1 Å². The molecule has 2 aromatic rings. The highest BCUT2D eigenvalue weighted by molar-refractivity contribution is 6.03. The van der Waals surface area contributed by atoms with Crippen molar-refractivity contribution in [3.63, 3.8) is 0 Å². The van der Waals surface area contributed by atoms with E-state index in [0.717, 1.165) is 36.2 Å². The van der Waals surface area contributed by atoms with Gasteiger partial charge in [-0.3, -0.25) is 9.59 Å². The lowest BCUT2D eigenvalue weighted by Gasteiger charge is -2.32. The molecule has 0 atom stereocenters. The smallest absolute Gasteiger partial charge is 0.257 e. The van der Waals surface area contributed by atoms with Crippen molar-refractivity contribution in [1.82, 2.24) is 9.88 Å². The van der Waals surface area contributed by atoms with E-state index in [0.29, 0.717) is 12.0 Å². The zero-order valence-corrected chi connectivity index (χ0v) is 12.3. The van der Waals surface area contributed by atoms with Gasteiger partial charge in [-0.15, -0.1) is 0 Å². The molecular weight excluding hydrogens is 278 g/mol. The highest BCUT2D eigenvalue weighted by Gasteiger charge is 2.27. The second-order valence-electron chi connectivity index (χ2n) is 5.22. The lowest BCUT2D eigenvalue weighted by molar-refractivity contribution is -0.105. The minimum atomic E-state index is -0.0909. The van der Waals surface area contributed by atoms with Crippen LogP contribution in [0.4, 0.5) is 5.82 Å². The first kappa shape index (κ1) is 14.3. The largest absolute Gasteiger partial charge is 0.338 e. The number of anilines is 1. The fourth-order valence-corrected chi connectivity index (χ4v) is 2.54. The fourth-order valence-electron chi connectivity index (χ4n) is 2.54. The van der Waals surface area contributed by atoms with E-state index < -0.39 is 0 Å². The predicted octanol–water partition coefficient (Wildman–Crippen LogP) is 2.27. The number of carbonyl (C=O) groups excluding carboxylic acids is 2. The van der Waals surface area contributed by atoms with Crippen LogP contribution >= 0.6 is 0 Å². The topological polar surface area (TPSA) is 62.3 Å². The summed E-state index contributed by atoms with van der Waals surface area (Å²) in [5, 5.41) is 2.51. The number of hydrogen-bond donors (Lipinski definition) is 1. The molecule has 1 saturated heterocycles. The van der Waals surface area contributed by atoms with Crippen molar-refractivity contribution in [2.75, 3.05) is 18.4 Å². The van der Waals surface area contributed by atoms with Crippen molar-refractivity contribution in [2.24, 2.45) is 0 Å². The van der Waals surface area contributed by atoms with Gasteiger partial charge in [0.25, 0.3) is 5.91 Å². The third-order valence-electron chi connectivity index (χ3n) is 3.88. The number of amides is 2. The summed E-state index contributed by atoms with van der Waals surface area (Å²) in [6.45, 7) is 3.36. The highest BCUT2D eigenvalue weighted by Crippen LogP contribution is 2.29. The average molecular weight is 294 g/mol. The molecule has 1 fully saturated rings. The molecule has 1 aliphatic heterocycles. The molecule has 2 amide bonds. The van der Waals surface area contributed by atoms with Crippen LogP contribution in [-0.4, -0.2) is 35.3 Å². The van der Waals surface area contributed by atoms with Gasteiger partial charge < -0.3 is 10.2 Å². The molecule has 1 N–H and O–H groups in total. The number of rotatable bonds is 4. The third-order valence-corrected chi connectivity index (χ3v) is 3.88. The van der Waals surface area contributed by atoms with E-state index in [4.69, 9.17) is 0 Å². The number of nitrogens with zero attached hydrogens (tertiary/aromatic N) is 2. The molecule has 5 nitrogen and oxygen atoms in total. The zero-order chi connectivity index (χ0) is 15.5. The van der Waals surface area contributed by atoms with Gasteiger partial charge in [-0.05, 0) is 24.5 Å². The highest BCUT2D eigenvalue weighted by atomic mass is 16.2. The maximum absolute atomic E-state index is 12.6. The first-order chi connectivity index (χ1) is 10.7. The Kier molecular flexibility index (Phi) is 3.87. The number of pyridine rings is 1. The molecule has 3 rings (SSSR count). The van der Waals surface area contributed by atoms with Crippen LogP contribution in [0, 0.1) is 13.1 Å². The molecule has 5 heteroatoms. The Bertz CT molecular complexity index is 709. The van der Waals surface area contributed by atoms with Crippen molar-refractivity contribution < 1.29 is 9.59 Å². The first-order valence-electron chi connectivity index (χ1n) is 7.19. The molecule has 0 saturated carbocycles. The van der Waals surface area contributed by atoms with Gasteiger partial charge in [-0.1, -0.05) is 30.3 Å². The standard InChI is InChI=1S/C17H16N3O2/c1-12-14(13-6-3-2-4-7-13)10-18-16(19-11-21)15(12)17(22)20-8-5-9-20/h2-4,6-7,11H,5,8-9H2,1H3,(H,18,19,21). The minimum Gasteiger partial charge on any atom is -0.338 e. The van der Waals surface area contributed by atoms with E-state index in [1.165, 1.54) is 0 Å². The molecule has 0 unspecified atom stereocenters. The van der Waals surface area contributed by atoms with Gasteiger partial charge in [0.15, 0.2) is 0 Å². The summed E-state index contributed by atoms with van der Waals surface area (Å²) < 4.78 is 0. The summed E-state index contributed by atoms with van der Waals surface area (Å²) in [5.41, 5.74) is 2.95. The minimum absolute atomic E-state index is 0.0909. The van der Waals surface area contributed by atoms with Crippen LogP contribution in [0.15, 0.2) is 30.3 Å². The number of benzene rings is 1. The molecule has 0 bridgehead atoms. The fraction of sp³-hybridized carbons (Fsp3) is 0.235. The molecule has 1 aromatic carbocycles.